The summed E-state index contributed by atoms with van der Waals surface area (Å²) in [6.07, 6.45) is 2.29. The van der Waals surface area contributed by atoms with Crippen molar-refractivity contribution >= 4 is 16.9 Å². The third-order valence-corrected chi connectivity index (χ3v) is 5.43. The molecular weight excluding hydrogens is 406 g/mol. The predicted molar refractivity (Wildman–Crippen MR) is 123 cm³/mol. The Balaban J connectivity index is 1.54. The zero-order valence-corrected chi connectivity index (χ0v) is 17.9. The van der Waals surface area contributed by atoms with Crippen LogP contribution in [0.1, 0.15) is 23.3 Å². The van der Waals surface area contributed by atoms with Gasteiger partial charge in [-0.1, -0.05) is 42.0 Å². The number of furan rings is 1. The number of nitrogens with one attached hydrogen (secondary N) is 1. The second-order valence-electron chi connectivity index (χ2n) is 7.75. The highest BCUT2D eigenvalue weighted by Crippen LogP contribution is 2.13. The van der Waals surface area contributed by atoms with Gasteiger partial charge >= 0.3 is 11.1 Å². The van der Waals surface area contributed by atoms with Crippen molar-refractivity contribution in [2.45, 2.75) is 32.9 Å². The Kier molecular flexibility index (Phi) is 6.35. The second-order valence-corrected chi connectivity index (χ2v) is 7.75. The van der Waals surface area contributed by atoms with E-state index in [1.807, 2.05) is 55.5 Å². The normalized spacial score (nSPS) is 11.0. The summed E-state index contributed by atoms with van der Waals surface area (Å²) in [5.41, 5.74) is 2.14. The highest BCUT2D eigenvalue weighted by Gasteiger charge is 2.14. The van der Waals surface area contributed by atoms with Crippen LogP contribution in [0.2, 0.25) is 0 Å². The number of carbonyl (C=O) groups is 1. The van der Waals surface area contributed by atoms with Crippen LogP contribution in [0.25, 0.3) is 11.0 Å². The molecule has 0 radical (unpaired) electrons. The fraction of sp³-hybridized carbons (Fsp3) is 0.240. The third kappa shape index (κ3) is 4.72. The number of nitrogens with zero attached hydrogens (tertiary/aromatic N) is 2. The Morgan fingerprint density at radius 1 is 0.906 bits per heavy atom. The molecule has 7 nitrogen and oxygen atoms in total. The van der Waals surface area contributed by atoms with Crippen molar-refractivity contribution in [3.63, 3.8) is 0 Å². The maximum atomic E-state index is 12.9. The van der Waals surface area contributed by atoms with Gasteiger partial charge in [0.25, 0.3) is 0 Å². The van der Waals surface area contributed by atoms with Crippen LogP contribution in [0.15, 0.2) is 80.9 Å². The fourth-order valence-corrected chi connectivity index (χ4v) is 3.71. The fourth-order valence-electron chi connectivity index (χ4n) is 3.71. The van der Waals surface area contributed by atoms with Gasteiger partial charge in [0.1, 0.15) is 5.76 Å². The summed E-state index contributed by atoms with van der Waals surface area (Å²) >= 11 is 0. The summed E-state index contributed by atoms with van der Waals surface area (Å²) in [6.45, 7) is 2.88. The molecule has 1 N–H and O–H groups in total. The van der Waals surface area contributed by atoms with E-state index in [1.165, 1.54) is 9.13 Å². The molecule has 0 bridgehead atoms. The van der Waals surface area contributed by atoms with E-state index in [0.717, 1.165) is 16.9 Å². The monoisotopic (exact) mass is 431 g/mol. The van der Waals surface area contributed by atoms with Gasteiger partial charge in [-0.2, -0.15) is 0 Å². The van der Waals surface area contributed by atoms with Crippen LogP contribution in [-0.2, 0) is 24.3 Å². The molecule has 0 saturated heterocycles. The van der Waals surface area contributed by atoms with Gasteiger partial charge in [0.2, 0.25) is 5.91 Å². The average molecular weight is 431 g/mol. The first-order valence-corrected chi connectivity index (χ1v) is 10.6. The highest BCUT2D eigenvalue weighted by atomic mass is 16.3. The average Bonchev–Trinajstić information content (AvgIpc) is 3.31. The molecule has 2 aromatic carbocycles. The summed E-state index contributed by atoms with van der Waals surface area (Å²) in [4.78, 5) is 38.1. The standard InChI is InChI=1S/C25H25N3O4/c1-18-8-10-19(11-9-18)17-28-22-7-3-2-6-21(22)27(24(30)25(28)31)15-13-23(29)26-14-12-20-5-4-16-32-20/h2-11,16H,12-15,17H2,1H3,(H,26,29). The second kappa shape index (κ2) is 9.51. The molecule has 32 heavy (non-hydrogen) atoms. The SMILES string of the molecule is Cc1ccc(Cn2c(=O)c(=O)n(CCC(=O)NCCc3ccco3)c3ccccc32)cc1. The first kappa shape index (κ1) is 21.4. The summed E-state index contributed by atoms with van der Waals surface area (Å²) in [6, 6.07) is 18.8. The Hall–Kier alpha value is -3.87. The van der Waals surface area contributed by atoms with Gasteiger partial charge in [0.15, 0.2) is 0 Å². The summed E-state index contributed by atoms with van der Waals surface area (Å²) < 4.78 is 8.15. The summed E-state index contributed by atoms with van der Waals surface area (Å²) in [5.74, 6) is 0.612. The lowest BCUT2D eigenvalue weighted by Crippen LogP contribution is -2.42. The largest absolute Gasteiger partial charge is 0.469 e. The van der Waals surface area contributed by atoms with E-state index < -0.39 is 11.1 Å². The number of aryl methyl sites for hydroxylation is 2. The van der Waals surface area contributed by atoms with Gasteiger partial charge in [-0.25, -0.2) is 0 Å². The molecule has 0 aliphatic rings. The van der Waals surface area contributed by atoms with E-state index in [9.17, 15) is 14.4 Å². The first-order chi connectivity index (χ1) is 15.5. The molecule has 2 aromatic heterocycles. The number of para-hydroxylation sites is 2. The minimum absolute atomic E-state index is 0.101. The number of amides is 1. The number of hydrogen-bond acceptors (Lipinski definition) is 4. The quantitative estimate of drug-likeness (QED) is 0.435. The first-order valence-electron chi connectivity index (χ1n) is 10.6. The lowest BCUT2D eigenvalue weighted by atomic mass is 10.1. The molecule has 0 spiro atoms. The Morgan fingerprint density at radius 3 is 2.28 bits per heavy atom. The number of hydrogen-bond donors (Lipinski definition) is 1. The van der Waals surface area contributed by atoms with Crippen molar-refractivity contribution in [1.82, 2.24) is 14.5 Å². The number of benzene rings is 2. The zero-order valence-electron chi connectivity index (χ0n) is 17.9. The van der Waals surface area contributed by atoms with Crippen LogP contribution in [0.4, 0.5) is 0 Å². The molecule has 0 atom stereocenters. The molecule has 7 heteroatoms. The van der Waals surface area contributed by atoms with E-state index in [2.05, 4.69) is 5.32 Å². The Labute approximate surface area is 184 Å². The molecule has 4 rings (SSSR count). The Morgan fingerprint density at radius 2 is 1.59 bits per heavy atom. The minimum atomic E-state index is -0.626. The molecular formula is C25H25N3O4. The maximum absolute atomic E-state index is 12.9. The van der Waals surface area contributed by atoms with E-state index in [-0.39, 0.29) is 18.9 Å². The minimum Gasteiger partial charge on any atom is -0.469 e. The predicted octanol–water partition coefficient (Wildman–Crippen LogP) is 2.86. The lowest BCUT2D eigenvalue weighted by molar-refractivity contribution is -0.121. The highest BCUT2D eigenvalue weighted by molar-refractivity contribution is 5.77. The zero-order chi connectivity index (χ0) is 22.5. The van der Waals surface area contributed by atoms with E-state index in [4.69, 9.17) is 4.42 Å². The van der Waals surface area contributed by atoms with Crippen molar-refractivity contribution < 1.29 is 9.21 Å². The van der Waals surface area contributed by atoms with Gasteiger partial charge in [-0.15, -0.1) is 0 Å². The van der Waals surface area contributed by atoms with Crippen molar-refractivity contribution in [2.75, 3.05) is 6.54 Å². The van der Waals surface area contributed by atoms with Gasteiger partial charge in [-0.05, 0) is 36.8 Å². The van der Waals surface area contributed by atoms with Crippen LogP contribution in [-0.4, -0.2) is 21.6 Å². The lowest BCUT2D eigenvalue weighted by Gasteiger charge is -2.15. The Bertz CT molecular complexity index is 1330. The van der Waals surface area contributed by atoms with E-state index >= 15 is 0 Å². The topological polar surface area (TPSA) is 86.2 Å². The number of fused-ring (bicyclic) bond motifs is 1. The van der Waals surface area contributed by atoms with Gasteiger partial charge in [-0.3, -0.25) is 19.0 Å². The smallest absolute Gasteiger partial charge is 0.317 e. The van der Waals surface area contributed by atoms with Crippen LogP contribution in [0, 0.1) is 6.92 Å². The van der Waals surface area contributed by atoms with E-state index in [1.54, 1.807) is 18.4 Å². The molecule has 0 saturated carbocycles. The third-order valence-electron chi connectivity index (χ3n) is 5.43. The molecule has 4 aromatic rings. The summed E-state index contributed by atoms with van der Waals surface area (Å²) in [7, 11) is 0. The number of carbonyl (C=O) groups excluding carboxylic acids is 1. The molecule has 1 amide bonds. The summed E-state index contributed by atoms with van der Waals surface area (Å²) in [5, 5.41) is 2.82. The van der Waals surface area contributed by atoms with Crippen molar-refractivity contribution in [2.24, 2.45) is 0 Å². The molecule has 0 unspecified atom stereocenters. The van der Waals surface area contributed by atoms with Crippen molar-refractivity contribution in [3.8, 4) is 0 Å². The van der Waals surface area contributed by atoms with Gasteiger partial charge < -0.3 is 14.3 Å². The van der Waals surface area contributed by atoms with Crippen LogP contribution in [0.3, 0.4) is 0 Å². The maximum Gasteiger partial charge on any atom is 0.317 e. The van der Waals surface area contributed by atoms with Crippen molar-refractivity contribution in [3.05, 3.63) is 105 Å². The molecule has 164 valence electrons. The molecule has 2 heterocycles. The van der Waals surface area contributed by atoms with Crippen molar-refractivity contribution in [1.29, 1.82) is 0 Å². The number of aromatic nitrogens is 2. The number of rotatable bonds is 8. The molecule has 0 aliphatic carbocycles. The van der Waals surface area contributed by atoms with Gasteiger partial charge in [0, 0.05) is 25.9 Å². The molecule has 0 fully saturated rings. The van der Waals surface area contributed by atoms with Crippen LogP contribution >= 0.6 is 0 Å². The van der Waals surface area contributed by atoms with Gasteiger partial charge in [0.05, 0.1) is 23.8 Å². The van der Waals surface area contributed by atoms with Crippen LogP contribution in [0.5, 0.6) is 0 Å². The van der Waals surface area contributed by atoms with Crippen LogP contribution < -0.4 is 16.4 Å². The molecule has 0 aliphatic heterocycles. The van der Waals surface area contributed by atoms with E-state index in [0.29, 0.717) is 30.5 Å².